The van der Waals surface area contributed by atoms with E-state index >= 15 is 0 Å². The lowest BCUT2D eigenvalue weighted by molar-refractivity contribution is 0.224. The van der Waals surface area contributed by atoms with E-state index in [1.807, 2.05) is 13.8 Å². The Morgan fingerprint density at radius 1 is 1.37 bits per heavy atom. The summed E-state index contributed by atoms with van der Waals surface area (Å²) in [5.74, 6) is 0.936. The summed E-state index contributed by atoms with van der Waals surface area (Å²) in [5.41, 5.74) is 3.29. The highest BCUT2D eigenvalue weighted by atomic mass is 32.2. The molecule has 0 radical (unpaired) electrons. The van der Waals surface area contributed by atoms with Gasteiger partial charge in [0.25, 0.3) is 0 Å². The van der Waals surface area contributed by atoms with Crippen LogP contribution in [0.2, 0.25) is 0 Å². The summed E-state index contributed by atoms with van der Waals surface area (Å²) in [6.07, 6.45) is 4.73. The fraction of sp³-hybridized carbons (Fsp3) is 0.526. The zero-order valence-corrected chi connectivity index (χ0v) is 18.1. The highest BCUT2D eigenvalue weighted by Crippen LogP contribution is 2.39. The first-order valence-electron chi connectivity index (χ1n) is 9.96. The smallest absolute Gasteiger partial charge is 0.354 e. The van der Waals surface area contributed by atoms with Gasteiger partial charge in [0.1, 0.15) is 4.90 Å². The van der Waals surface area contributed by atoms with Gasteiger partial charge in [-0.25, -0.2) is 23.8 Å². The van der Waals surface area contributed by atoms with Crippen LogP contribution in [0.15, 0.2) is 15.5 Å². The fourth-order valence-electron chi connectivity index (χ4n) is 3.92. The molecule has 0 fully saturated rings. The Kier molecular flexibility index (Phi) is 5.41. The quantitative estimate of drug-likeness (QED) is 0.760. The third kappa shape index (κ3) is 3.63. The summed E-state index contributed by atoms with van der Waals surface area (Å²) < 4.78 is 29.4. The summed E-state index contributed by atoms with van der Waals surface area (Å²) >= 11 is 0. The Bertz CT molecular complexity index is 1120. The molecule has 2 aliphatic rings. The van der Waals surface area contributed by atoms with Gasteiger partial charge in [0.05, 0.1) is 31.3 Å². The lowest BCUT2D eigenvalue weighted by atomic mass is 10.0. The first-order chi connectivity index (χ1) is 14.3. The molecule has 2 aromatic heterocycles. The molecule has 1 aliphatic heterocycles. The molecule has 3 N–H and O–H groups in total. The first kappa shape index (κ1) is 20.6. The number of amides is 2. The summed E-state index contributed by atoms with van der Waals surface area (Å²) in [6, 6.07) is -0.791. The average Bonchev–Trinajstić information content (AvgIpc) is 3.35. The summed E-state index contributed by atoms with van der Waals surface area (Å²) in [4.78, 5) is 17.5. The van der Waals surface area contributed by atoms with Crippen LogP contribution in [-0.2, 0) is 29.3 Å². The monoisotopic (exact) mass is 434 g/mol. The van der Waals surface area contributed by atoms with E-state index in [9.17, 15) is 9.00 Å². The maximum atomic E-state index is 13.1. The molecule has 0 saturated carbocycles. The first-order valence-corrected chi connectivity index (χ1v) is 11.5. The highest BCUT2D eigenvalue weighted by molar-refractivity contribution is 7.91. The van der Waals surface area contributed by atoms with Gasteiger partial charge in [-0.2, -0.15) is 5.10 Å². The molecule has 0 unspecified atom stereocenters. The van der Waals surface area contributed by atoms with Crippen molar-refractivity contribution in [2.75, 3.05) is 19.0 Å². The number of rotatable bonds is 4. The number of aryl methyl sites for hydroxylation is 1. The summed E-state index contributed by atoms with van der Waals surface area (Å²) in [6.45, 7) is 5.08. The van der Waals surface area contributed by atoms with Gasteiger partial charge in [-0.1, -0.05) is 13.8 Å². The van der Waals surface area contributed by atoms with Crippen LogP contribution >= 0.6 is 0 Å². The second kappa shape index (κ2) is 7.88. The van der Waals surface area contributed by atoms with E-state index in [1.54, 1.807) is 11.8 Å². The normalized spacial score (nSPS) is 17.0. The minimum atomic E-state index is -3.53. The number of ether oxygens (including phenoxy) is 2. The van der Waals surface area contributed by atoms with E-state index in [-0.39, 0.29) is 10.8 Å². The van der Waals surface area contributed by atoms with Gasteiger partial charge >= 0.3 is 6.03 Å². The molecular formula is C19H26N6O4S. The van der Waals surface area contributed by atoms with E-state index in [4.69, 9.17) is 14.6 Å². The summed E-state index contributed by atoms with van der Waals surface area (Å²) in [5, 5.41) is 12.9. The van der Waals surface area contributed by atoms with Crippen molar-refractivity contribution in [3.63, 3.8) is 0 Å². The zero-order valence-electron chi connectivity index (χ0n) is 17.3. The van der Waals surface area contributed by atoms with E-state index in [1.165, 1.54) is 6.20 Å². The van der Waals surface area contributed by atoms with Crippen molar-refractivity contribution < 1.29 is 18.5 Å². The Morgan fingerprint density at radius 3 is 2.87 bits per heavy atom. The molecule has 162 valence electrons. The average molecular weight is 435 g/mol. The van der Waals surface area contributed by atoms with Crippen molar-refractivity contribution in [1.29, 1.82) is 0 Å². The molecule has 10 nitrogen and oxygen atoms in total. The van der Waals surface area contributed by atoms with Crippen LogP contribution in [0.3, 0.4) is 0 Å². The predicted molar refractivity (Wildman–Crippen MR) is 111 cm³/mol. The molecule has 2 amide bonds. The molecule has 1 aliphatic carbocycles. The number of nitrogens with one attached hydrogen (secondary N) is 1. The van der Waals surface area contributed by atoms with Crippen molar-refractivity contribution in [2.45, 2.75) is 56.9 Å². The number of carbonyl (C=O) groups excluding carboxylic acids is 1. The second-order valence-corrected chi connectivity index (χ2v) is 9.44. The van der Waals surface area contributed by atoms with Crippen LogP contribution < -0.4 is 19.9 Å². The van der Waals surface area contributed by atoms with Gasteiger partial charge in [0.15, 0.2) is 9.92 Å². The number of nitrogens with zero attached hydrogens (tertiary/aromatic N) is 4. The van der Waals surface area contributed by atoms with Crippen LogP contribution in [0.1, 0.15) is 49.4 Å². The van der Waals surface area contributed by atoms with Crippen molar-refractivity contribution in [2.24, 2.45) is 9.50 Å². The third-order valence-corrected chi connectivity index (χ3v) is 6.62. The second-order valence-electron chi connectivity index (χ2n) is 7.68. The maximum absolute atomic E-state index is 13.1. The lowest BCUT2D eigenvalue weighted by Crippen LogP contribution is -2.21. The number of fused-ring (bicyclic) bond motifs is 2. The third-order valence-electron chi connectivity index (χ3n) is 5.27. The van der Waals surface area contributed by atoms with Gasteiger partial charge in [0, 0.05) is 18.5 Å². The molecule has 4 rings (SSSR count). The molecule has 2 aromatic rings. The van der Waals surface area contributed by atoms with Crippen molar-refractivity contribution in [1.82, 2.24) is 14.8 Å². The largest absolute Gasteiger partial charge is 0.481 e. The topological polar surface area (TPSA) is 134 Å². The van der Waals surface area contributed by atoms with Crippen molar-refractivity contribution in [3.05, 3.63) is 23.0 Å². The van der Waals surface area contributed by atoms with Crippen molar-refractivity contribution in [3.8, 4) is 11.8 Å². The molecule has 3 heterocycles. The molecule has 0 bridgehead atoms. The van der Waals surface area contributed by atoms with E-state index < -0.39 is 15.9 Å². The Balaban J connectivity index is 1.70. The zero-order chi connectivity index (χ0) is 21.5. The number of nitrogens with two attached hydrogens (primary N) is 1. The number of methoxy groups -OCH3 is 1. The van der Waals surface area contributed by atoms with Gasteiger partial charge in [0.2, 0.25) is 11.8 Å². The molecule has 0 spiro atoms. The van der Waals surface area contributed by atoms with Crippen LogP contribution in [0.4, 0.5) is 10.5 Å². The number of pyridine rings is 1. The molecule has 11 heteroatoms. The number of aromatic nitrogens is 3. The lowest BCUT2D eigenvalue weighted by Gasteiger charge is -2.18. The summed E-state index contributed by atoms with van der Waals surface area (Å²) in [7, 11) is -1.93. The number of hydrogen-bond acceptors (Lipinski definition) is 6. The Hall–Kier alpha value is -2.66. The van der Waals surface area contributed by atoms with Crippen LogP contribution in [-0.4, -0.2) is 38.7 Å². The standard InChI is InChI=1S/C19H26N6O4S/c1-11(2)15-16(12-6-4-7-13(12)17(22-15)28-3)23-19(26)24-30(20,27)14-10-21-25-8-5-9-29-18(14)25/h10-11H,4-9H2,1-3H3,(H3,20,23,24,26,27)/t30-/m1/s1. The van der Waals surface area contributed by atoms with Gasteiger partial charge in [-0.05, 0) is 30.7 Å². The van der Waals surface area contributed by atoms with E-state index in [0.717, 1.165) is 36.8 Å². The molecule has 0 saturated heterocycles. The van der Waals surface area contributed by atoms with Gasteiger partial charge in [-0.15, -0.1) is 4.36 Å². The number of carbonyl (C=O) groups is 1. The van der Waals surface area contributed by atoms with E-state index in [0.29, 0.717) is 36.3 Å². The maximum Gasteiger partial charge on any atom is 0.354 e. The van der Waals surface area contributed by atoms with Gasteiger partial charge in [-0.3, -0.25) is 0 Å². The molecule has 0 aromatic carbocycles. The van der Waals surface area contributed by atoms with Gasteiger partial charge < -0.3 is 14.8 Å². The van der Waals surface area contributed by atoms with E-state index in [2.05, 4.69) is 19.8 Å². The Labute approximate surface area is 175 Å². The minimum absolute atomic E-state index is 0.0402. The number of anilines is 1. The fourth-order valence-corrected chi connectivity index (χ4v) is 4.92. The molecule has 1 atom stereocenters. The minimum Gasteiger partial charge on any atom is -0.481 e. The van der Waals surface area contributed by atoms with Crippen LogP contribution in [0.5, 0.6) is 11.8 Å². The number of hydrogen-bond donors (Lipinski definition) is 2. The molecule has 30 heavy (non-hydrogen) atoms. The SMILES string of the molecule is COc1nc(C(C)C)c(NC(=O)N=[S@@](N)(=O)c2cnn3c2OCCC3)c2c1CCC2. The molecular weight excluding hydrogens is 408 g/mol. The Morgan fingerprint density at radius 2 is 2.13 bits per heavy atom. The number of urea groups is 1. The van der Waals surface area contributed by atoms with Crippen LogP contribution in [0, 0.1) is 0 Å². The highest BCUT2D eigenvalue weighted by Gasteiger charge is 2.28. The predicted octanol–water partition coefficient (Wildman–Crippen LogP) is 2.61. The van der Waals surface area contributed by atoms with Crippen molar-refractivity contribution >= 4 is 21.6 Å². The van der Waals surface area contributed by atoms with Crippen LogP contribution in [0.25, 0.3) is 0 Å².